The van der Waals surface area contributed by atoms with E-state index in [4.69, 9.17) is 9.47 Å². The summed E-state index contributed by atoms with van der Waals surface area (Å²) in [4.78, 5) is 12.5. The molecule has 0 radical (unpaired) electrons. The van der Waals surface area contributed by atoms with Crippen molar-refractivity contribution in [2.75, 3.05) is 13.2 Å². The summed E-state index contributed by atoms with van der Waals surface area (Å²) in [6.45, 7) is 0.520. The first-order chi connectivity index (χ1) is 14.7. The summed E-state index contributed by atoms with van der Waals surface area (Å²) in [6, 6.07) is 11.6. The topological polar surface area (TPSA) is 67.8 Å². The van der Waals surface area contributed by atoms with Crippen molar-refractivity contribution >= 4 is 5.91 Å². The van der Waals surface area contributed by atoms with Crippen LogP contribution in [0.25, 0.3) is 0 Å². The van der Waals surface area contributed by atoms with Crippen LogP contribution in [0.15, 0.2) is 48.5 Å². The number of carbonyl (C=O) groups is 1. The quantitative estimate of drug-likeness (QED) is 0.744. The lowest BCUT2D eigenvalue weighted by molar-refractivity contribution is -0.184. The van der Waals surface area contributed by atoms with Gasteiger partial charge in [0.15, 0.2) is 0 Å². The van der Waals surface area contributed by atoms with E-state index in [9.17, 15) is 23.1 Å². The zero-order chi connectivity index (χ0) is 22.1. The fourth-order valence-electron chi connectivity index (χ4n) is 3.90. The van der Waals surface area contributed by atoms with Crippen LogP contribution in [0.2, 0.25) is 0 Å². The number of hydrogen-bond donors (Lipinski definition) is 2. The van der Waals surface area contributed by atoms with E-state index in [1.165, 1.54) is 12.1 Å². The predicted molar refractivity (Wildman–Crippen MR) is 107 cm³/mol. The molecule has 2 aliphatic rings. The van der Waals surface area contributed by atoms with Crippen LogP contribution in [0.5, 0.6) is 5.75 Å². The number of rotatable bonds is 5. The zero-order valence-electron chi connectivity index (χ0n) is 16.8. The molecule has 5 nitrogen and oxygen atoms in total. The number of carbonyl (C=O) groups excluding carboxylic acids is 1. The summed E-state index contributed by atoms with van der Waals surface area (Å²) in [5.41, 5.74) is -0.401. The third kappa shape index (κ3) is 5.02. The highest BCUT2D eigenvalue weighted by Gasteiger charge is 2.38. The molecule has 0 atom stereocenters. The van der Waals surface area contributed by atoms with E-state index < -0.39 is 17.3 Å². The molecule has 0 spiro atoms. The molecule has 0 unspecified atom stereocenters. The summed E-state index contributed by atoms with van der Waals surface area (Å²) >= 11 is 0. The average molecular weight is 435 g/mol. The van der Waals surface area contributed by atoms with Gasteiger partial charge in [0, 0.05) is 11.6 Å². The van der Waals surface area contributed by atoms with Crippen molar-refractivity contribution < 1.29 is 32.5 Å². The van der Waals surface area contributed by atoms with Gasteiger partial charge in [0.05, 0.1) is 24.9 Å². The molecule has 0 aromatic heterocycles. The first-order valence-corrected chi connectivity index (χ1v) is 10.3. The van der Waals surface area contributed by atoms with Crippen LogP contribution in [0.3, 0.4) is 0 Å². The van der Waals surface area contributed by atoms with Crippen LogP contribution < -0.4 is 10.1 Å². The van der Waals surface area contributed by atoms with E-state index in [0.717, 1.165) is 30.5 Å². The second-order valence-electron chi connectivity index (χ2n) is 8.19. The van der Waals surface area contributed by atoms with Gasteiger partial charge in [0.1, 0.15) is 11.4 Å². The normalized spacial score (nSPS) is 23.0. The molecule has 4 rings (SSSR count). The second kappa shape index (κ2) is 8.51. The Morgan fingerprint density at radius 2 is 1.61 bits per heavy atom. The molecular formula is C23H24F3NO4. The highest BCUT2D eigenvalue weighted by atomic mass is 19.4. The van der Waals surface area contributed by atoms with Gasteiger partial charge in [0.25, 0.3) is 5.91 Å². The van der Waals surface area contributed by atoms with Crippen molar-refractivity contribution in [2.45, 2.75) is 49.6 Å². The van der Waals surface area contributed by atoms with Gasteiger partial charge in [-0.15, -0.1) is 0 Å². The molecule has 166 valence electrons. The molecule has 2 N–H and O–H groups in total. The molecule has 1 saturated carbocycles. The van der Waals surface area contributed by atoms with Gasteiger partial charge in [-0.05, 0) is 67.6 Å². The summed E-state index contributed by atoms with van der Waals surface area (Å²) in [5, 5.41) is 13.3. The van der Waals surface area contributed by atoms with Crippen LogP contribution in [0.1, 0.15) is 47.2 Å². The average Bonchev–Trinajstić information content (AvgIpc) is 2.73. The first kappa shape index (κ1) is 21.6. The van der Waals surface area contributed by atoms with E-state index in [1.807, 2.05) is 0 Å². The van der Waals surface area contributed by atoms with E-state index in [2.05, 4.69) is 5.32 Å². The van der Waals surface area contributed by atoms with Gasteiger partial charge in [-0.25, -0.2) is 0 Å². The predicted octanol–water partition coefficient (Wildman–Crippen LogP) is 4.04. The molecule has 2 aromatic carbocycles. The molecule has 2 fully saturated rings. The van der Waals surface area contributed by atoms with Crippen LogP contribution in [0.4, 0.5) is 13.2 Å². The largest absolute Gasteiger partial charge is 0.490 e. The SMILES string of the molecule is O=C(N[C@H]1CC[C@H](Oc2ccc(C(F)(F)F)cc2)CC1)c1ccc(C2(O)COC2)cc1. The number of alkyl halides is 3. The number of hydrogen-bond acceptors (Lipinski definition) is 4. The van der Waals surface area contributed by atoms with Crippen LogP contribution in [0, 0.1) is 0 Å². The van der Waals surface area contributed by atoms with E-state index >= 15 is 0 Å². The van der Waals surface area contributed by atoms with E-state index in [0.29, 0.717) is 24.2 Å². The molecule has 1 saturated heterocycles. The molecular weight excluding hydrogens is 411 g/mol. The lowest BCUT2D eigenvalue weighted by Gasteiger charge is -2.36. The highest BCUT2D eigenvalue weighted by molar-refractivity contribution is 5.94. The van der Waals surface area contributed by atoms with E-state index in [-0.39, 0.29) is 31.3 Å². The van der Waals surface area contributed by atoms with Gasteiger partial charge in [-0.1, -0.05) is 12.1 Å². The van der Waals surface area contributed by atoms with Crippen molar-refractivity contribution in [3.63, 3.8) is 0 Å². The molecule has 1 aliphatic heterocycles. The maximum atomic E-state index is 12.6. The fraction of sp³-hybridized carbons (Fsp3) is 0.435. The molecule has 1 amide bonds. The lowest BCUT2D eigenvalue weighted by atomic mass is 9.91. The summed E-state index contributed by atoms with van der Waals surface area (Å²) in [5.74, 6) is 0.245. The minimum atomic E-state index is -4.36. The Kier molecular flexibility index (Phi) is 5.94. The summed E-state index contributed by atoms with van der Waals surface area (Å²) in [7, 11) is 0. The number of amides is 1. The molecule has 1 aliphatic carbocycles. The van der Waals surface area contributed by atoms with Crippen molar-refractivity contribution in [1.29, 1.82) is 0 Å². The lowest BCUT2D eigenvalue weighted by Crippen LogP contribution is -2.46. The minimum Gasteiger partial charge on any atom is -0.490 e. The van der Waals surface area contributed by atoms with Gasteiger partial charge in [-0.2, -0.15) is 13.2 Å². The minimum absolute atomic E-state index is 0.0175. The highest BCUT2D eigenvalue weighted by Crippen LogP contribution is 2.32. The number of benzene rings is 2. The Morgan fingerprint density at radius 3 is 2.13 bits per heavy atom. The van der Waals surface area contributed by atoms with Crippen molar-refractivity contribution in [3.05, 3.63) is 65.2 Å². The van der Waals surface area contributed by atoms with Crippen LogP contribution >= 0.6 is 0 Å². The molecule has 2 aromatic rings. The molecule has 1 heterocycles. The maximum Gasteiger partial charge on any atom is 0.416 e. The fourth-order valence-corrected chi connectivity index (χ4v) is 3.90. The summed E-state index contributed by atoms with van der Waals surface area (Å²) < 4.78 is 48.8. The molecule has 8 heteroatoms. The van der Waals surface area contributed by atoms with Crippen molar-refractivity contribution in [3.8, 4) is 5.75 Å². The van der Waals surface area contributed by atoms with Crippen LogP contribution in [-0.2, 0) is 16.5 Å². The van der Waals surface area contributed by atoms with Crippen LogP contribution in [-0.4, -0.2) is 36.4 Å². The second-order valence-corrected chi connectivity index (χ2v) is 8.19. The smallest absolute Gasteiger partial charge is 0.416 e. The van der Waals surface area contributed by atoms with Gasteiger partial charge < -0.3 is 19.9 Å². The van der Waals surface area contributed by atoms with Crippen molar-refractivity contribution in [1.82, 2.24) is 5.32 Å². The number of halogens is 3. The zero-order valence-corrected chi connectivity index (χ0v) is 16.8. The third-order valence-electron chi connectivity index (χ3n) is 5.86. The van der Waals surface area contributed by atoms with Gasteiger partial charge in [0.2, 0.25) is 0 Å². The van der Waals surface area contributed by atoms with Crippen molar-refractivity contribution in [2.24, 2.45) is 0 Å². The monoisotopic (exact) mass is 435 g/mol. The number of nitrogens with one attached hydrogen (secondary N) is 1. The Bertz CT molecular complexity index is 900. The van der Waals surface area contributed by atoms with Gasteiger partial charge >= 0.3 is 6.18 Å². The maximum absolute atomic E-state index is 12.6. The standard InChI is InChI=1S/C23H24F3NO4/c24-23(25,26)17-5-9-19(10-6-17)31-20-11-7-18(8-12-20)27-21(28)15-1-3-16(4-2-15)22(29)13-30-14-22/h1-6,9-10,18,20,29H,7-8,11-14H2,(H,27,28)/t18-,20-. The third-order valence-corrected chi connectivity index (χ3v) is 5.86. The van der Waals surface area contributed by atoms with Gasteiger partial charge in [-0.3, -0.25) is 4.79 Å². The number of ether oxygens (including phenoxy) is 2. The van der Waals surface area contributed by atoms with E-state index in [1.54, 1.807) is 24.3 Å². The Hall–Kier alpha value is -2.58. The summed E-state index contributed by atoms with van der Waals surface area (Å²) in [6.07, 6.45) is -1.58. The first-order valence-electron chi connectivity index (χ1n) is 10.3. The Morgan fingerprint density at radius 1 is 1.00 bits per heavy atom. The Labute approximate surface area is 178 Å². The molecule has 0 bridgehead atoms. The Balaban J connectivity index is 1.25. The number of aliphatic hydroxyl groups is 1. The molecule has 31 heavy (non-hydrogen) atoms.